The van der Waals surface area contributed by atoms with E-state index in [4.69, 9.17) is 39.0 Å². The molecule has 1 saturated heterocycles. The lowest BCUT2D eigenvalue weighted by molar-refractivity contribution is 0.0904. The first-order valence-electron chi connectivity index (χ1n) is 6.00. The van der Waals surface area contributed by atoms with E-state index in [2.05, 4.69) is 0 Å². The molecule has 1 aliphatic rings. The van der Waals surface area contributed by atoms with Crippen molar-refractivity contribution >= 4 is 28.8 Å². The fraction of sp³-hybridized carbons (Fsp3) is 0.462. The van der Waals surface area contributed by atoms with E-state index in [1.54, 1.807) is 12.1 Å². The van der Waals surface area contributed by atoms with Crippen LogP contribution < -0.4 is 10.5 Å². The number of halogens is 1. The van der Waals surface area contributed by atoms with E-state index in [-0.39, 0.29) is 0 Å². The molecule has 0 spiro atoms. The second-order valence-electron chi connectivity index (χ2n) is 4.28. The van der Waals surface area contributed by atoms with Gasteiger partial charge in [-0.05, 0) is 31.0 Å². The molecular formula is C13H16ClNO2S. The Balaban J connectivity index is 1.87. The molecular weight excluding hydrogens is 270 g/mol. The summed E-state index contributed by atoms with van der Waals surface area (Å²) >= 11 is 11.0. The summed E-state index contributed by atoms with van der Waals surface area (Å²) in [6.45, 7) is 1.48. The van der Waals surface area contributed by atoms with E-state index in [1.165, 1.54) is 0 Å². The van der Waals surface area contributed by atoms with Crippen molar-refractivity contribution in [2.75, 3.05) is 13.2 Å². The van der Waals surface area contributed by atoms with Crippen LogP contribution in [0.25, 0.3) is 0 Å². The van der Waals surface area contributed by atoms with Crippen LogP contribution in [0, 0.1) is 0 Å². The first kappa shape index (κ1) is 13.6. The van der Waals surface area contributed by atoms with Gasteiger partial charge in [-0.25, -0.2) is 0 Å². The van der Waals surface area contributed by atoms with E-state index in [9.17, 15) is 0 Å². The van der Waals surface area contributed by atoms with E-state index in [1.807, 2.05) is 6.07 Å². The SMILES string of the molecule is NC(=S)c1ccc(OCCC2CCCO2)c(Cl)c1. The minimum atomic E-state index is 0.333. The van der Waals surface area contributed by atoms with Gasteiger partial charge in [0.25, 0.3) is 0 Å². The molecule has 3 nitrogen and oxygen atoms in total. The van der Waals surface area contributed by atoms with Gasteiger partial charge in [-0.1, -0.05) is 23.8 Å². The van der Waals surface area contributed by atoms with Crippen LogP contribution in [0.15, 0.2) is 18.2 Å². The summed E-state index contributed by atoms with van der Waals surface area (Å²) in [7, 11) is 0. The molecule has 1 heterocycles. The number of nitrogens with two attached hydrogens (primary N) is 1. The van der Waals surface area contributed by atoms with Crippen molar-refractivity contribution in [3.8, 4) is 5.75 Å². The van der Waals surface area contributed by atoms with Crippen LogP contribution in [0.5, 0.6) is 5.75 Å². The van der Waals surface area contributed by atoms with Crippen LogP contribution in [0.2, 0.25) is 5.02 Å². The summed E-state index contributed by atoms with van der Waals surface area (Å²) in [5.74, 6) is 0.662. The molecule has 0 aromatic heterocycles. The second-order valence-corrected chi connectivity index (χ2v) is 5.13. The van der Waals surface area contributed by atoms with E-state index < -0.39 is 0 Å². The third-order valence-corrected chi connectivity index (χ3v) is 3.47. The highest BCUT2D eigenvalue weighted by Crippen LogP contribution is 2.26. The Hall–Kier alpha value is -0.840. The summed E-state index contributed by atoms with van der Waals surface area (Å²) < 4.78 is 11.2. The maximum atomic E-state index is 6.10. The molecule has 2 N–H and O–H groups in total. The third kappa shape index (κ3) is 3.57. The Bertz CT molecular complexity index is 433. The summed E-state index contributed by atoms with van der Waals surface area (Å²) in [5.41, 5.74) is 6.28. The average molecular weight is 286 g/mol. The molecule has 0 radical (unpaired) electrons. The number of benzene rings is 1. The first-order valence-corrected chi connectivity index (χ1v) is 6.79. The predicted molar refractivity (Wildman–Crippen MR) is 76.4 cm³/mol. The lowest BCUT2D eigenvalue weighted by Crippen LogP contribution is -2.11. The smallest absolute Gasteiger partial charge is 0.137 e. The largest absolute Gasteiger partial charge is 0.492 e. The van der Waals surface area contributed by atoms with Crippen LogP contribution >= 0.6 is 23.8 Å². The summed E-state index contributed by atoms with van der Waals surface area (Å²) in [4.78, 5) is 0.336. The molecule has 1 fully saturated rings. The van der Waals surface area contributed by atoms with E-state index in [0.717, 1.165) is 31.4 Å². The molecule has 1 aromatic rings. The van der Waals surface area contributed by atoms with Gasteiger partial charge < -0.3 is 15.2 Å². The highest BCUT2D eigenvalue weighted by molar-refractivity contribution is 7.80. The molecule has 18 heavy (non-hydrogen) atoms. The van der Waals surface area contributed by atoms with Crippen molar-refractivity contribution < 1.29 is 9.47 Å². The topological polar surface area (TPSA) is 44.5 Å². The summed E-state index contributed by atoms with van der Waals surface area (Å²) in [6.07, 6.45) is 3.50. The highest BCUT2D eigenvalue weighted by Gasteiger charge is 2.15. The number of rotatable bonds is 5. The van der Waals surface area contributed by atoms with Gasteiger partial charge in [0.15, 0.2) is 0 Å². The monoisotopic (exact) mass is 285 g/mol. The van der Waals surface area contributed by atoms with Crippen molar-refractivity contribution in [2.24, 2.45) is 5.73 Å². The molecule has 1 unspecified atom stereocenters. The predicted octanol–water partition coefficient (Wildman–Crippen LogP) is 2.92. The maximum absolute atomic E-state index is 6.10. The average Bonchev–Trinajstić information content (AvgIpc) is 2.84. The maximum Gasteiger partial charge on any atom is 0.137 e. The third-order valence-electron chi connectivity index (χ3n) is 2.94. The van der Waals surface area contributed by atoms with Gasteiger partial charge in [0, 0.05) is 18.6 Å². The van der Waals surface area contributed by atoms with Crippen molar-refractivity contribution in [2.45, 2.75) is 25.4 Å². The molecule has 1 aromatic carbocycles. The van der Waals surface area contributed by atoms with Crippen molar-refractivity contribution in [1.29, 1.82) is 0 Å². The molecule has 2 rings (SSSR count). The van der Waals surface area contributed by atoms with Gasteiger partial charge in [-0.2, -0.15) is 0 Å². The van der Waals surface area contributed by atoms with E-state index >= 15 is 0 Å². The quantitative estimate of drug-likeness (QED) is 0.845. The number of hydrogen-bond donors (Lipinski definition) is 1. The van der Waals surface area contributed by atoms with Crippen molar-refractivity contribution in [3.05, 3.63) is 28.8 Å². The van der Waals surface area contributed by atoms with Gasteiger partial charge in [0.1, 0.15) is 10.7 Å². The molecule has 98 valence electrons. The Morgan fingerprint density at radius 1 is 1.56 bits per heavy atom. The van der Waals surface area contributed by atoms with Gasteiger partial charge in [0.2, 0.25) is 0 Å². The van der Waals surface area contributed by atoms with Crippen molar-refractivity contribution in [3.63, 3.8) is 0 Å². The van der Waals surface area contributed by atoms with Crippen LogP contribution in [-0.4, -0.2) is 24.3 Å². The fourth-order valence-corrected chi connectivity index (χ4v) is 2.31. The lowest BCUT2D eigenvalue weighted by Gasteiger charge is -2.12. The number of hydrogen-bond acceptors (Lipinski definition) is 3. The van der Waals surface area contributed by atoms with Crippen LogP contribution in [0.3, 0.4) is 0 Å². The Morgan fingerprint density at radius 2 is 2.39 bits per heavy atom. The molecule has 0 bridgehead atoms. The number of ether oxygens (including phenoxy) is 2. The van der Waals surface area contributed by atoms with Gasteiger partial charge in [-0.3, -0.25) is 0 Å². The lowest BCUT2D eigenvalue weighted by atomic mass is 10.2. The van der Waals surface area contributed by atoms with Gasteiger partial charge in [-0.15, -0.1) is 0 Å². The molecule has 0 saturated carbocycles. The summed E-state index contributed by atoms with van der Waals surface area (Å²) in [6, 6.07) is 5.34. The van der Waals surface area contributed by atoms with Crippen LogP contribution in [0.1, 0.15) is 24.8 Å². The van der Waals surface area contributed by atoms with Crippen molar-refractivity contribution in [1.82, 2.24) is 0 Å². The zero-order valence-corrected chi connectivity index (χ0v) is 11.6. The molecule has 5 heteroatoms. The first-order chi connectivity index (χ1) is 8.66. The van der Waals surface area contributed by atoms with Crippen LogP contribution in [-0.2, 0) is 4.74 Å². The molecule has 0 amide bonds. The second kappa shape index (κ2) is 6.36. The zero-order valence-electron chi connectivity index (χ0n) is 10.0. The zero-order chi connectivity index (χ0) is 13.0. The standard InChI is InChI=1S/C13H16ClNO2S/c14-11-8-9(13(15)18)3-4-12(11)17-7-5-10-2-1-6-16-10/h3-4,8,10H,1-2,5-7H2,(H2,15,18). The molecule has 1 atom stereocenters. The minimum absolute atomic E-state index is 0.333. The molecule has 1 aliphatic heterocycles. The number of thiocarbonyl (C=S) groups is 1. The Kier molecular flexibility index (Phi) is 4.80. The Labute approximate surface area is 117 Å². The fourth-order valence-electron chi connectivity index (χ4n) is 1.94. The Morgan fingerprint density at radius 3 is 3.00 bits per heavy atom. The minimum Gasteiger partial charge on any atom is -0.492 e. The highest BCUT2D eigenvalue weighted by atomic mass is 35.5. The normalized spacial score (nSPS) is 18.8. The summed E-state index contributed by atoms with van der Waals surface area (Å²) in [5, 5.41) is 0.535. The van der Waals surface area contributed by atoms with E-state index in [0.29, 0.717) is 28.5 Å². The van der Waals surface area contributed by atoms with Gasteiger partial charge >= 0.3 is 0 Å². The van der Waals surface area contributed by atoms with Crippen LogP contribution in [0.4, 0.5) is 0 Å². The van der Waals surface area contributed by atoms with Gasteiger partial charge in [0.05, 0.1) is 17.7 Å². The molecule has 0 aliphatic carbocycles.